The van der Waals surface area contributed by atoms with Crippen LogP contribution in [0.4, 0.5) is 0 Å². The van der Waals surface area contributed by atoms with Crippen LogP contribution >= 0.6 is 0 Å². The first kappa shape index (κ1) is 19.2. The first-order chi connectivity index (χ1) is 13.0. The monoisotopic (exact) mass is 369 g/mol. The van der Waals surface area contributed by atoms with E-state index in [1.54, 1.807) is 6.07 Å². The van der Waals surface area contributed by atoms with Crippen molar-refractivity contribution in [3.63, 3.8) is 0 Å². The van der Waals surface area contributed by atoms with Crippen LogP contribution in [0.5, 0.6) is 11.5 Å². The minimum absolute atomic E-state index is 0.0451. The molecule has 3 rings (SSSR count). The highest BCUT2D eigenvalue weighted by Crippen LogP contribution is 2.35. The highest BCUT2D eigenvalue weighted by atomic mass is 16.5. The minimum atomic E-state index is -0.148. The number of allylic oxidation sites excluding steroid dienone is 4. The van der Waals surface area contributed by atoms with Gasteiger partial charge in [-0.05, 0) is 58.0 Å². The molecule has 1 N–H and O–H groups in total. The zero-order valence-electron chi connectivity index (χ0n) is 16.2. The molecule has 1 aliphatic carbocycles. The third kappa shape index (κ3) is 4.42. The van der Waals surface area contributed by atoms with Crippen molar-refractivity contribution < 1.29 is 14.3 Å². The molecule has 1 unspecified atom stereocenters. The maximum absolute atomic E-state index is 12.5. The average molecular weight is 369 g/mol. The maximum atomic E-state index is 12.5. The Bertz CT molecular complexity index is 924. The summed E-state index contributed by atoms with van der Waals surface area (Å²) in [6, 6.07) is 4.50. The van der Waals surface area contributed by atoms with Gasteiger partial charge >= 0.3 is 0 Å². The zero-order chi connectivity index (χ0) is 19.4. The number of aromatic hydroxyl groups is 1. The molecular weight excluding hydrogens is 342 g/mol. The maximum Gasteiger partial charge on any atom is 0.204 e. The molecule has 5 nitrogen and oxygen atoms in total. The van der Waals surface area contributed by atoms with Crippen LogP contribution in [0.2, 0.25) is 0 Å². The van der Waals surface area contributed by atoms with E-state index >= 15 is 0 Å². The van der Waals surface area contributed by atoms with Gasteiger partial charge in [-0.2, -0.15) is 0 Å². The lowest BCUT2D eigenvalue weighted by Gasteiger charge is -2.17. The van der Waals surface area contributed by atoms with Gasteiger partial charge in [0.1, 0.15) is 5.76 Å². The lowest BCUT2D eigenvalue weighted by atomic mass is 9.91. The van der Waals surface area contributed by atoms with Crippen molar-refractivity contribution in [1.82, 2.24) is 4.90 Å². The summed E-state index contributed by atoms with van der Waals surface area (Å²) in [5.74, 6) is 1.17. The molecule has 1 aromatic heterocycles. The normalized spacial score (nSPS) is 16.7. The molecule has 27 heavy (non-hydrogen) atoms. The summed E-state index contributed by atoms with van der Waals surface area (Å²) in [6.45, 7) is 1.12. The summed E-state index contributed by atoms with van der Waals surface area (Å²) in [5.41, 5.74) is 1.02. The molecule has 0 amide bonds. The predicted octanol–water partition coefficient (Wildman–Crippen LogP) is 4.20. The van der Waals surface area contributed by atoms with Crippen molar-refractivity contribution in [3.8, 4) is 11.5 Å². The van der Waals surface area contributed by atoms with E-state index in [1.807, 2.05) is 6.08 Å². The van der Waals surface area contributed by atoms with Crippen LogP contribution in [0.15, 0.2) is 45.6 Å². The molecule has 1 aliphatic rings. The SMILES string of the molecule is COc1c(O)ccc2c(=O)cc(C3=CCC(CCCCN(C)C)C=C3)oc12. The van der Waals surface area contributed by atoms with Gasteiger partial charge in [0.25, 0.3) is 0 Å². The molecule has 2 aromatic rings. The number of rotatable bonds is 7. The number of phenols is 1. The Balaban J connectivity index is 1.77. The summed E-state index contributed by atoms with van der Waals surface area (Å²) in [5, 5.41) is 10.3. The Kier molecular flexibility index (Phi) is 6.01. The highest BCUT2D eigenvalue weighted by molar-refractivity contribution is 5.86. The van der Waals surface area contributed by atoms with Gasteiger partial charge in [-0.15, -0.1) is 0 Å². The highest BCUT2D eigenvalue weighted by Gasteiger charge is 2.16. The second-order valence-corrected chi connectivity index (χ2v) is 7.28. The fourth-order valence-electron chi connectivity index (χ4n) is 3.42. The summed E-state index contributed by atoms with van der Waals surface area (Å²) in [7, 11) is 5.64. The van der Waals surface area contributed by atoms with E-state index in [0.717, 1.165) is 25.0 Å². The Morgan fingerprint density at radius 1 is 1.30 bits per heavy atom. The van der Waals surface area contributed by atoms with E-state index in [1.165, 1.54) is 32.1 Å². The van der Waals surface area contributed by atoms with E-state index < -0.39 is 0 Å². The molecule has 0 aliphatic heterocycles. The number of nitrogens with zero attached hydrogens (tertiary/aromatic N) is 1. The number of fused-ring (bicyclic) bond motifs is 1. The van der Waals surface area contributed by atoms with Crippen LogP contribution in [0, 0.1) is 5.92 Å². The van der Waals surface area contributed by atoms with Crippen molar-refractivity contribution in [2.24, 2.45) is 5.92 Å². The van der Waals surface area contributed by atoms with Crippen molar-refractivity contribution in [1.29, 1.82) is 0 Å². The summed E-state index contributed by atoms with van der Waals surface area (Å²) >= 11 is 0. The lowest BCUT2D eigenvalue weighted by molar-refractivity contribution is 0.370. The third-order valence-corrected chi connectivity index (χ3v) is 4.94. The molecule has 144 valence electrons. The minimum Gasteiger partial charge on any atom is -0.504 e. The van der Waals surface area contributed by atoms with Gasteiger partial charge in [-0.1, -0.05) is 24.6 Å². The van der Waals surface area contributed by atoms with Gasteiger partial charge in [0, 0.05) is 11.6 Å². The van der Waals surface area contributed by atoms with Crippen LogP contribution in [-0.2, 0) is 0 Å². The molecule has 1 heterocycles. The van der Waals surface area contributed by atoms with Crippen LogP contribution in [0.25, 0.3) is 16.5 Å². The summed E-state index contributed by atoms with van der Waals surface area (Å²) < 4.78 is 11.2. The number of ether oxygens (including phenoxy) is 1. The van der Waals surface area contributed by atoms with Crippen molar-refractivity contribution in [3.05, 3.63) is 52.4 Å². The number of phenolic OH excluding ortho intramolecular Hbond substituents is 1. The quantitative estimate of drug-likeness (QED) is 0.741. The molecule has 1 atom stereocenters. The van der Waals surface area contributed by atoms with E-state index in [2.05, 4.69) is 31.1 Å². The van der Waals surface area contributed by atoms with Crippen LogP contribution in [0.3, 0.4) is 0 Å². The molecule has 0 saturated carbocycles. The van der Waals surface area contributed by atoms with Crippen molar-refractivity contribution in [2.45, 2.75) is 25.7 Å². The van der Waals surface area contributed by atoms with Gasteiger partial charge in [-0.3, -0.25) is 4.79 Å². The fourth-order valence-corrected chi connectivity index (χ4v) is 3.42. The second-order valence-electron chi connectivity index (χ2n) is 7.28. The van der Waals surface area contributed by atoms with E-state index in [4.69, 9.17) is 9.15 Å². The van der Waals surface area contributed by atoms with Gasteiger partial charge in [-0.25, -0.2) is 0 Å². The Hall–Kier alpha value is -2.53. The number of unbranched alkanes of at least 4 members (excludes halogenated alkanes) is 1. The first-order valence-electron chi connectivity index (χ1n) is 9.37. The van der Waals surface area contributed by atoms with E-state index in [9.17, 15) is 9.90 Å². The predicted molar refractivity (Wildman–Crippen MR) is 108 cm³/mol. The Labute approximate surface area is 159 Å². The fraction of sp³-hybridized carbons (Fsp3) is 0.409. The van der Waals surface area contributed by atoms with Crippen LogP contribution < -0.4 is 10.2 Å². The van der Waals surface area contributed by atoms with Gasteiger partial charge in [0.2, 0.25) is 5.75 Å². The molecular formula is C22H27NO4. The number of benzene rings is 1. The molecule has 0 radical (unpaired) electrons. The lowest BCUT2D eigenvalue weighted by Crippen LogP contribution is -2.13. The molecule has 0 bridgehead atoms. The molecule has 0 saturated heterocycles. The number of hydrogen-bond acceptors (Lipinski definition) is 5. The number of hydrogen-bond donors (Lipinski definition) is 1. The topological polar surface area (TPSA) is 62.9 Å². The largest absolute Gasteiger partial charge is 0.504 e. The van der Waals surface area contributed by atoms with Crippen molar-refractivity contribution >= 4 is 16.5 Å². The van der Waals surface area contributed by atoms with Gasteiger partial charge in [0.15, 0.2) is 16.8 Å². The van der Waals surface area contributed by atoms with E-state index in [-0.39, 0.29) is 22.5 Å². The third-order valence-electron chi connectivity index (χ3n) is 4.94. The van der Waals surface area contributed by atoms with E-state index in [0.29, 0.717) is 17.1 Å². The molecule has 5 heteroatoms. The van der Waals surface area contributed by atoms with Gasteiger partial charge in [0.05, 0.1) is 12.5 Å². The molecule has 0 fully saturated rings. The second kappa shape index (κ2) is 8.44. The van der Waals surface area contributed by atoms with Crippen LogP contribution in [-0.4, -0.2) is 37.8 Å². The van der Waals surface area contributed by atoms with Crippen molar-refractivity contribution in [2.75, 3.05) is 27.7 Å². The molecule has 0 spiro atoms. The smallest absolute Gasteiger partial charge is 0.204 e. The Morgan fingerprint density at radius 3 is 2.78 bits per heavy atom. The molecule has 1 aromatic carbocycles. The Morgan fingerprint density at radius 2 is 2.11 bits per heavy atom. The summed E-state index contributed by atoms with van der Waals surface area (Å²) in [6.07, 6.45) is 10.9. The van der Waals surface area contributed by atoms with Crippen LogP contribution in [0.1, 0.15) is 31.4 Å². The zero-order valence-corrected chi connectivity index (χ0v) is 16.2. The van der Waals surface area contributed by atoms with Gasteiger partial charge < -0.3 is 19.2 Å². The standard InChI is InChI=1S/C22H27NO4/c1-23(2)13-5-4-6-15-7-9-16(10-8-15)20-14-19(25)17-11-12-18(24)22(26-3)21(17)27-20/h7,9-12,14-15,24H,4-6,8,13H2,1-3H3. The number of methoxy groups -OCH3 is 1. The average Bonchev–Trinajstić information content (AvgIpc) is 2.65. The summed E-state index contributed by atoms with van der Waals surface area (Å²) in [4.78, 5) is 14.7. The first-order valence-corrected chi connectivity index (χ1v) is 9.37.